The van der Waals surface area contributed by atoms with Crippen molar-refractivity contribution in [1.82, 2.24) is 30.0 Å². The number of fused-ring (bicyclic) bond motifs is 2. The highest BCUT2D eigenvalue weighted by molar-refractivity contribution is 7.94. The van der Waals surface area contributed by atoms with Crippen molar-refractivity contribution in [3.05, 3.63) is 125 Å². The molecule has 5 fully saturated rings. The van der Waals surface area contributed by atoms with Gasteiger partial charge < -0.3 is 64.9 Å². The number of carbonyl (C=O) groups excluding carboxylic acids is 4. The number of carboxylic acids is 2. The number of aliphatic hydroxyl groups excluding tert-OH is 3. The number of ether oxygens (including phenoxy) is 4. The number of unbranched alkanes of at least 4 members (excludes halogenated alkanes) is 2. The maximum atomic E-state index is 13.8. The smallest absolute Gasteiger partial charge is 0.409 e. The number of rotatable bonds is 27. The highest BCUT2D eigenvalue weighted by atomic mass is 32.2. The molecular weight excluding hydrogens is 1280 g/mol. The van der Waals surface area contributed by atoms with E-state index in [9.17, 15) is 62.7 Å². The molecule has 4 amide bonds. The van der Waals surface area contributed by atoms with Crippen molar-refractivity contribution in [2.45, 2.75) is 154 Å². The summed E-state index contributed by atoms with van der Waals surface area (Å²) in [5.41, 5.74) is 4.55. The van der Waals surface area contributed by atoms with Crippen LogP contribution in [0.5, 0.6) is 5.75 Å². The summed E-state index contributed by atoms with van der Waals surface area (Å²) in [5.74, 6) is -3.79. The summed E-state index contributed by atoms with van der Waals surface area (Å²) in [6.07, 6.45) is -1.50. The Labute approximate surface area is 558 Å². The number of aromatic carboxylic acids is 1. The van der Waals surface area contributed by atoms with E-state index in [4.69, 9.17) is 29.0 Å². The topological polar surface area (TPSA) is 361 Å². The van der Waals surface area contributed by atoms with E-state index in [1.165, 1.54) is 34.4 Å². The van der Waals surface area contributed by atoms with Crippen LogP contribution in [-0.2, 0) is 64.5 Å². The number of sulfone groups is 1. The molecule has 8 N–H and O–H groups in total. The predicted molar refractivity (Wildman–Crippen MR) is 354 cm³/mol. The van der Waals surface area contributed by atoms with Crippen LogP contribution >= 0.6 is 11.3 Å². The number of likely N-dealkylation sites (N-methyl/N-ethyl adjacent to an activating group) is 1. The average molecular weight is 1360 g/mol. The fourth-order valence-corrected chi connectivity index (χ4v) is 17.4. The van der Waals surface area contributed by atoms with E-state index >= 15 is 0 Å². The first kappa shape index (κ1) is 69.0. The van der Waals surface area contributed by atoms with Gasteiger partial charge in [0.25, 0.3) is 5.91 Å². The number of carboxylic acid groups (broad SMARTS) is 2. The molecule has 3 aromatic heterocycles. The maximum absolute atomic E-state index is 13.8. The third kappa shape index (κ3) is 15.4. The molecule has 0 spiro atoms. The minimum absolute atomic E-state index is 0.0314. The number of aromatic nitrogens is 4. The third-order valence-electron chi connectivity index (χ3n) is 19.1. The van der Waals surface area contributed by atoms with Crippen molar-refractivity contribution in [2.24, 2.45) is 16.2 Å². The zero-order valence-electron chi connectivity index (χ0n) is 54.0. The highest BCUT2D eigenvalue weighted by Crippen LogP contribution is 2.72. The number of carbonyl (C=O) groups is 6. The molecule has 28 heteroatoms. The van der Waals surface area contributed by atoms with Crippen LogP contribution in [-0.4, -0.2) is 170 Å². The summed E-state index contributed by atoms with van der Waals surface area (Å²) in [6, 6.07) is 21.3. The number of nitrogens with one attached hydrogen (secondary N) is 3. The molecule has 4 bridgehead atoms. The number of hydrogen-bond acceptors (Lipinski definition) is 20. The summed E-state index contributed by atoms with van der Waals surface area (Å²) in [5, 5.41) is 66.4. The molecule has 7 atom stereocenters. The van der Waals surface area contributed by atoms with E-state index < -0.39 is 70.1 Å². The third-order valence-corrected chi connectivity index (χ3v) is 21.4. The van der Waals surface area contributed by atoms with Crippen molar-refractivity contribution < 1.29 is 81.7 Å². The predicted octanol–water partition coefficient (Wildman–Crippen LogP) is 7.62. The molecule has 1 saturated heterocycles. The van der Waals surface area contributed by atoms with Crippen LogP contribution in [0.2, 0.25) is 0 Å². The number of thiazole rings is 1. The SMILES string of the molecule is C=CS(=O)(=O)CCCCCC(=O)NCCC(=O)Nc1cc(COC(=O)N(C)CCOC23CC4(C)CC(C)(CC(Cn5ncc(-c6ccc(N7CCc8cccc(C(=O)Nc9nc%10ccccc%10s9)c8C7)nc6C(=O)O)c5C)(C4)C2)C3)ccc1O[C@@H]1O[C@H](C(=O)O)[C@@H](O)[C@H](O)[C@H]1O. The van der Waals surface area contributed by atoms with Gasteiger partial charge in [-0.2, -0.15) is 5.10 Å². The van der Waals surface area contributed by atoms with Gasteiger partial charge in [-0.1, -0.05) is 68.5 Å². The van der Waals surface area contributed by atoms with Gasteiger partial charge >= 0.3 is 18.0 Å². The van der Waals surface area contributed by atoms with Gasteiger partial charge in [0.05, 0.1) is 40.1 Å². The minimum atomic E-state index is -3.35. The first-order valence-corrected chi connectivity index (χ1v) is 34.6. The Morgan fingerprint density at radius 2 is 1.62 bits per heavy atom. The van der Waals surface area contributed by atoms with Gasteiger partial charge in [0.2, 0.25) is 18.1 Å². The Balaban J connectivity index is 0.712. The molecule has 6 aliphatic rings. The molecular formula is C68H81N9O17S2. The Kier molecular flexibility index (Phi) is 20.1. The Morgan fingerprint density at radius 3 is 2.36 bits per heavy atom. The normalized spacial score (nSPS) is 25.0. The quantitative estimate of drug-likeness (QED) is 0.0230. The van der Waals surface area contributed by atoms with Crippen molar-refractivity contribution >= 4 is 83.8 Å². The lowest BCUT2D eigenvalue weighted by Gasteiger charge is -2.69. The van der Waals surface area contributed by atoms with Crippen LogP contribution in [0.4, 0.5) is 21.4 Å². The molecule has 5 heterocycles. The number of benzene rings is 3. The maximum Gasteiger partial charge on any atom is 0.409 e. The van der Waals surface area contributed by atoms with Gasteiger partial charge in [-0.25, -0.2) is 32.8 Å². The summed E-state index contributed by atoms with van der Waals surface area (Å²) in [6.45, 7) is 11.4. The van der Waals surface area contributed by atoms with E-state index in [1.807, 2.05) is 59.0 Å². The number of para-hydroxylation sites is 1. The molecule has 2 aliphatic heterocycles. The van der Waals surface area contributed by atoms with E-state index in [2.05, 4.69) is 41.4 Å². The minimum Gasteiger partial charge on any atom is -0.479 e. The fraction of sp³-hybridized carbons (Fsp3) is 0.485. The molecule has 0 radical (unpaired) electrons. The van der Waals surface area contributed by atoms with E-state index in [1.54, 1.807) is 25.4 Å². The van der Waals surface area contributed by atoms with Gasteiger partial charge in [0.15, 0.2) is 26.8 Å². The van der Waals surface area contributed by atoms with Crippen LogP contribution in [0.25, 0.3) is 21.3 Å². The summed E-state index contributed by atoms with van der Waals surface area (Å²) < 4.78 is 50.2. The second-order valence-corrected chi connectivity index (χ2v) is 30.2. The molecule has 12 rings (SSSR count). The van der Waals surface area contributed by atoms with Crippen molar-refractivity contribution in [2.75, 3.05) is 54.6 Å². The molecule has 2 unspecified atom stereocenters. The van der Waals surface area contributed by atoms with Gasteiger partial charge in [0.1, 0.15) is 36.5 Å². The second kappa shape index (κ2) is 28.0. The van der Waals surface area contributed by atoms with Crippen LogP contribution < -0.4 is 25.6 Å². The highest BCUT2D eigenvalue weighted by Gasteiger charge is 2.66. The lowest BCUT2D eigenvalue weighted by Crippen LogP contribution is -2.64. The zero-order chi connectivity index (χ0) is 68.5. The Hall–Kier alpha value is -8.38. The van der Waals surface area contributed by atoms with Gasteiger partial charge in [-0.05, 0) is 140 Å². The Morgan fingerprint density at radius 1 is 0.854 bits per heavy atom. The Bertz CT molecular complexity index is 4050. The average Bonchev–Trinajstić information content (AvgIpc) is 0.732. The largest absolute Gasteiger partial charge is 0.479 e. The molecule has 96 heavy (non-hydrogen) atoms. The van der Waals surface area contributed by atoms with Crippen molar-refractivity contribution in [3.63, 3.8) is 0 Å². The summed E-state index contributed by atoms with van der Waals surface area (Å²) >= 11 is 1.40. The first-order chi connectivity index (χ1) is 45.6. The zero-order valence-corrected chi connectivity index (χ0v) is 55.6. The lowest BCUT2D eigenvalue weighted by atomic mass is 9.39. The number of nitrogens with zero attached hydrogens (tertiary/aromatic N) is 6. The molecule has 4 aliphatic carbocycles. The molecule has 4 saturated carbocycles. The van der Waals surface area contributed by atoms with Crippen LogP contribution in [0.15, 0.2) is 91.0 Å². The first-order valence-electron chi connectivity index (χ1n) is 32.1. The van der Waals surface area contributed by atoms with Crippen molar-refractivity contribution in [3.8, 4) is 16.9 Å². The number of aliphatic carboxylic acids is 1. The van der Waals surface area contributed by atoms with Crippen LogP contribution in [0.3, 0.4) is 0 Å². The van der Waals surface area contributed by atoms with Gasteiger partial charge in [-0.15, -0.1) is 0 Å². The summed E-state index contributed by atoms with van der Waals surface area (Å²) in [7, 11) is -1.76. The number of hydrogen-bond donors (Lipinski definition) is 8. The molecule has 512 valence electrons. The van der Waals surface area contributed by atoms with Gasteiger partial charge in [-0.3, -0.25) is 24.4 Å². The summed E-state index contributed by atoms with van der Waals surface area (Å²) in [4.78, 5) is 91.1. The molecule has 26 nitrogen and oxygen atoms in total. The standard InChI is InChI=1S/C68H81N9O17S2/c1-6-96(89,90)28-11-7-8-17-52(78)69-24-22-53(79)71-48-29-41(18-20-49(48)93-62-57(82)55(80)56(81)58(94-62)61(86)87)32-91-64(88)75(5)26-27-92-68-36-65(3)33-66(4,37-68)35-67(34-65,38-68)39-77-40(2)45(30-70-77)43-19-21-51(73-54(43)60(84)85)76-25-23-42-13-12-14-44(46(42)31-76)59(83)74-63-72-47-15-9-10-16-50(47)95-63/h6,9-10,12-16,18-21,29-30,55-58,62,80-82H,1,7-8,11,17,22-28,31-39H2,2-5H3,(H,69,78)(H,71,79)(H,84,85)(H,86,87)(H,72,74,83)/t55-,56-,57+,58-,62+,65?,66?,67?,68?/m0/s1. The fourth-order valence-electron chi connectivity index (χ4n) is 15.8. The number of anilines is 3. The number of amides is 4. The molecule has 3 aromatic carbocycles. The van der Waals surface area contributed by atoms with Crippen LogP contribution in [0, 0.1) is 23.2 Å². The molecule has 6 aromatic rings. The van der Waals surface area contributed by atoms with Crippen molar-refractivity contribution in [1.29, 1.82) is 0 Å². The lowest BCUT2D eigenvalue weighted by molar-refractivity contribution is -0.271. The monoisotopic (exact) mass is 1360 g/mol. The van der Waals surface area contributed by atoms with Crippen LogP contribution in [0.1, 0.15) is 128 Å². The van der Waals surface area contributed by atoms with E-state index in [-0.39, 0.29) is 90.1 Å². The number of aliphatic hydroxyl groups is 3. The van der Waals surface area contributed by atoms with Gasteiger partial charge in [0, 0.05) is 80.4 Å². The second-order valence-electron chi connectivity index (χ2n) is 27.1. The number of pyridine rings is 1. The van der Waals surface area contributed by atoms with E-state index in [0.717, 1.165) is 71.0 Å². The van der Waals surface area contributed by atoms with E-state index in [0.29, 0.717) is 78.5 Å².